The first-order valence-electron chi connectivity index (χ1n) is 10.1. The van der Waals surface area contributed by atoms with Crippen LogP contribution >= 0.6 is 0 Å². The van der Waals surface area contributed by atoms with Crippen LogP contribution in [0.4, 0.5) is 0 Å². The zero-order chi connectivity index (χ0) is 21.2. The van der Waals surface area contributed by atoms with Crippen molar-refractivity contribution in [2.75, 3.05) is 33.5 Å². The molecule has 8 heteroatoms. The summed E-state index contributed by atoms with van der Waals surface area (Å²) in [6, 6.07) is 11.7. The van der Waals surface area contributed by atoms with Crippen LogP contribution in [-0.4, -0.2) is 56.5 Å². The standard InChI is InChI=1S/C23H22N4O4/c1-27-22(28)18(10-15-3-5-19-21(11-15)31-14-30-19)26-23(27)25-8-7-24-13-16-2-4-17-6-9-29-20(17)12-16/h2-5,10-13H,6-9,14H2,1H3,(H,25,26)/b18-10-,24-13?. The van der Waals surface area contributed by atoms with Crippen LogP contribution in [-0.2, 0) is 11.2 Å². The van der Waals surface area contributed by atoms with Crippen molar-refractivity contribution in [1.82, 2.24) is 10.2 Å². The molecule has 2 aromatic rings. The highest BCUT2D eigenvalue weighted by Gasteiger charge is 2.28. The Hall–Kier alpha value is -3.81. The number of ether oxygens (including phenoxy) is 3. The largest absolute Gasteiger partial charge is 0.493 e. The molecule has 158 valence electrons. The number of rotatable bonds is 5. The lowest BCUT2D eigenvalue weighted by atomic mass is 10.1. The highest BCUT2D eigenvalue weighted by molar-refractivity contribution is 6.15. The maximum absolute atomic E-state index is 12.5. The number of hydrogen-bond donors (Lipinski definition) is 1. The summed E-state index contributed by atoms with van der Waals surface area (Å²) in [6.45, 7) is 1.95. The van der Waals surface area contributed by atoms with Gasteiger partial charge in [0.15, 0.2) is 11.5 Å². The second-order valence-electron chi connectivity index (χ2n) is 7.37. The van der Waals surface area contributed by atoms with Crippen LogP contribution < -0.4 is 19.5 Å². The number of carbonyl (C=O) groups is 1. The lowest BCUT2D eigenvalue weighted by molar-refractivity contribution is -0.121. The zero-order valence-corrected chi connectivity index (χ0v) is 17.1. The molecule has 0 bridgehead atoms. The molecule has 2 aromatic carbocycles. The summed E-state index contributed by atoms with van der Waals surface area (Å²) in [4.78, 5) is 23.0. The molecule has 1 fully saturated rings. The summed E-state index contributed by atoms with van der Waals surface area (Å²) in [5.41, 5.74) is 3.56. The van der Waals surface area contributed by atoms with Crippen LogP contribution in [0.15, 0.2) is 52.1 Å². The fourth-order valence-corrected chi connectivity index (χ4v) is 3.59. The number of aliphatic imine (C=N–C) groups is 2. The normalized spacial score (nSPS) is 19.4. The van der Waals surface area contributed by atoms with Crippen LogP contribution in [0.3, 0.4) is 0 Å². The van der Waals surface area contributed by atoms with Crippen LogP contribution in [0.5, 0.6) is 17.2 Å². The quantitative estimate of drug-likeness (QED) is 0.457. The minimum Gasteiger partial charge on any atom is -0.493 e. The van der Waals surface area contributed by atoms with E-state index in [0.29, 0.717) is 36.2 Å². The average Bonchev–Trinajstić information content (AvgIpc) is 3.49. The highest BCUT2D eigenvalue weighted by atomic mass is 16.7. The van der Waals surface area contributed by atoms with E-state index in [9.17, 15) is 4.79 Å². The van der Waals surface area contributed by atoms with E-state index in [1.165, 1.54) is 10.5 Å². The predicted molar refractivity (Wildman–Crippen MR) is 117 cm³/mol. The summed E-state index contributed by atoms with van der Waals surface area (Å²) in [6.07, 6.45) is 4.57. The van der Waals surface area contributed by atoms with Crippen molar-refractivity contribution in [2.24, 2.45) is 9.98 Å². The number of fused-ring (bicyclic) bond motifs is 2. The van der Waals surface area contributed by atoms with Crippen molar-refractivity contribution in [1.29, 1.82) is 0 Å². The lowest BCUT2D eigenvalue weighted by Crippen LogP contribution is -2.28. The molecule has 0 spiro atoms. The maximum atomic E-state index is 12.5. The number of likely N-dealkylation sites (N-methyl/N-ethyl adjacent to an activating group) is 1. The van der Waals surface area contributed by atoms with E-state index in [0.717, 1.165) is 29.9 Å². The van der Waals surface area contributed by atoms with Gasteiger partial charge in [-0.3, -0.25) is 19.7 Å². The third-order valence-electron chi connectivity index (χ3n) is 5.26. The molecule has 0 unspecified atom stereocenters. The van der Waals surface area contributed by atoms with E-state index in [2.05, 4.69) is 21.4 Å². The lowest BCUT2D eigenvalue weighted by Gasteiger charge is -2.06. The molecule has 0 saturated carbocycles. The number of amides is 1. The molecule has 31 heavy (non-hydrogen) atoms. The van der Waals surface area contributed by atoms with Gasteiger partial charge in [-0.15, -0.1) is 0 Å². The van der Waals surface area contributed by atoms with E-state index in [1.54, 1.807) is 13.1 Å². The molecule has 1 N–H and O–H groups in total. The smallest absolute Gasteiger partial charge is 0.276 e. The summed E-state index contributed by atoms with van der Waals surface area (Å²) in [7, 11) is 1.70. The van der Waals surface area contributed by atoms with E-state index in [1.807, 2.05) is 36.5 Å². The monoisotopic (exact) mass is 418 g/mol. The van der Waals surface area contributed by atoms with Crippen molar-refractivity contribution in [3.8, 4) is 17.2 Å². The van der Waals surface area contributed by atoms with Crippen molar-refractivity contribution in [3.05, 3.63) is 58.8 Å². The molecule has 3 aliphatic rings. The molecule has 1 amide bonds. The molecule has 0 aromatic heterocycles. The van der Waals surface area contributed by atoms with Gasteiger partial charge in [0.2, 0.25) is 12.8 Å². The molecule has 5 rings (SSSR count). The van der Waals surface area contributed by atoms with Gasteiger partial charge in [0.05, 0.1) is 19.7 Å². The second-order valence-corrected chi connectivity index (χ2v) is 7.37. The van der Waals surface area contributed by atoms with Crippen LogP contribution in [0.2, 0.25) is 0 Å². The first-order chi connectivity index (χ1) is 15.2. The van der Waals surface area contributed by atoms with Gasteiger partial charge < -0.3 is 19.5 Å². The maximum Gasteiger partial charge on any atom is 0.276 e. The third kappa shape index (κ3) is 3.96. The van der Waals surface area contributed by atoms with Gasteiger partial charge in [0.1, 0.15) is 11.4 Å². The van der Waals surface area contributed by atoms with E-state index < -0.39 is 0 Å². The Morgan fingerprint density at radius 2 is 1.87 bits per heavy atom. The van der Waals surface area contributed by atoms with E-state index in [4.69, 9.17) is 14.2 Å². The van der Waals surface area contributed by atoms with Crippen LogP contribution in [0.1, 0.15) is 16.7 Å². The molecule has 3 aliphatic heterocycles. The Balaban J connectivity index is 1.20. The predicted octanol–water partition coefficient (Wildman–Crippen LogP) is 2.23. The first kappa shape index (κ1) is 19.2. The Labute approximate surface area is 179 Å². The van der Waals surface area contributed by atoms with Crippen LogP contribution in [0, 0.1) is 0 Å². The topological polar surface area (TPSA) is 84.8 Å². The fraction of sp³-hybridized carbons (Fsp3) is 0.261. The number of guanidine groups is 1. The van der Waals surface area contributed by atoms with Crippen molar-refractivity contribution >= 4 is 24.2 Å². The Bertz CT molecular complexity index is 1120. The molecule has 0 radical (unpaired) electrons. The average molecular weight is 418 g/mol. The van der Waals surface area contributed by atoms with E-state index in [-0.39, 0.29) is 12.7 Å². The fourth-order valence-electron chi connectivity index (χ4n) is 3.59. The van der Waals surface area contributed by atoms with Crippen LogP contribution in [0.25, 0.3) is 6.08 Å². The van der Waals surface area contributed by atoms with Gasteiger partial charge in [-0.1, -0.05) is 18.2 Å². The van der Waals surface area contributed by atoms with Gasteiger partial charge in [-0.05, 0) is 41.0 Å². The van der Waals surface area contributed by atoms with Crippen molar-refractivity contribution < 1.29 is 19.0 Å². The van der Waals surface area contributed by atoms with Gasteiger partial charge in [-0.2, -0.15) is 0 Å². The Morgan fingerprint density at radius 1 is 1.03 bits per heavy atom. The third-order valence-corrected chi connectivity index (χ3v) is 5.26. The molecular weight excluding hydrogens is 396 g/mol. The SMILES string of the molecule is CN1C(=O)/C(=C/c2ccc3c(c2)OCO3)NC1=NCCN=Cc1ccc2c(c1)OCC2. The molecule has 0 aliphatic carbocycles. The molecule has 8 nitrogen and oxygen atoms in total. The summed E-state index contributed by atoms with van der Waals surface area (Å²) in [5, 5.41) is 3.09. The molecule has 1 saturated heterocycles. The minimum atomic E-state index is -0.141. The minimum absolute atomic E-state index is 0.141. The molecule has 0 atom stereocenters. The second kappa shape index (κ2) is 8.14. The molecule has 3 heterocycles. The van der Waals surface area contributed by atoms with Gasteiger partial charge in [0, 0.05) is 19.7 Å². The number of nitrogens with one attached hydrogen (secondary N) is 1. The van der Waals surface area contributed by atoms with E-state index >= 15 is 0 Å². The summed E-state index contributed by atoms with van der Waals surface area (Å²) < 4.78 is 16.3. The highest BCUT2D eigenvalue weighted by Crippen LogP contribution is 2.33. The number of carbonyl (C=O) groups excluding carboxylic acids is 1. The Morgan fingerprint density at radius 3 is 2.81 bits per heavy atom. The van der Waals surface area contributed by atoms with Crippen molar-refractivity contribution in [2.45, 2.75) is 6.42 Å². The number of nitrogens with zero attached hydrogens (tertiary/aromatic N) is 3. The summed E-state index contributed by atoms with van der Waals surface area (Å²) in [5.74, 6) is 2.70. The first-order valence-corrected chi connectivity index (χ1v) is 10.1. The number of benzene rings is 2. The van der Waals surface area contributed by atoms with Crippen molar-refractivity contribution in [3.63, 3.8) is 0 Å². The van der Waals surface area contributed by atoms with Gasteiger partial charge >= 0.3 is 0 Å². The number of hydrogen-bond acceptors (Lipinski definition) is 6. The summed E-state index contributed by atoms with van der Waals surface area (Å²) >= 11 is 0. The molecular formula is C23H22N4O4. The van der Waals surface area contributed by atoms with Gasteiger partial charge in [0.25, 0.3) is 5.91 Å². The van der Waals surface area contributed by atoms with Gasteiger partial charge in [-0.25, -0.2) is 0 Å². The Kier molecular flexibility index (Phi) is 5.03. The zero-order valence-electron chi connectivity index (χ0n) is 17.1.